The number of nitrogens with zero attached hydrogens (tertiary/aromatic N) is 1. The van der Waals surface area contributed by atoms with E-state index < -0.39 is 0 Å². The zero-order valence-corrected chi connectivity index (χ0v) is 12.5. The van der Waals surface area contributed by atoms with Crippen molar-refractivity contribution in [1.82, 2.24) is 5.43 Å². The Kier molecular flexibility index (Phi) is 7.79. The van der Waals surface area contributed by atoms with E-state index in [9.17, 15) is 0 Å². The molecule has 0 aliphatic rings. The minimum Gasteiger partial charge on any atom is -0.495 e. The second-order valence-corrected chi connectivity index (χ2v) is 4.31. The molecule has 20 heavy (non-hydrogen) atoms. The molecule has 7 heteroatoms. The van der Waals surface area contributed by atoms with Crippen molar-refractivity contribution in [2.24, 2.45) is 10.8 Å². The maximum Gasteiger partial charge on any atom is 0.210 e. The van der Waals surface area contributed by atoms with E-state index in [4.69, 9.17) is 26.9 Å². The monoisotopic (exact) mass is 300 g/mol. The molecule has 0 heterocycles. The standard InChI is InChI=1S/C13H21ClN4O2/c1-3-20-8-4-7-16-13(18-15)17-10-5-6-11(14)12(9-10)19-2/h5-6,9H,3-4,7-8,15H2,1-2H3,(H2,16,17,18). The number of hydrogen-bond donors (Lipinski definition) is 3. The van der Waals surface area contributed by atoms with E-state index in [2.05, 4.69) is 15.7 Å². The summed E-state index contributed by atoms with van der Waals surface area (Å²) in [4.78, 5) is 4.30. The maximum absolute atomic E-state index is 5.96. The van der Waals surface area contributed by atoms with Crippen LogP contribution in [0.3, 0.4) is 0 Å². The van der Waals surface area contributed by atoms with Gasteiger partial charge in [-0.1, -0.05) is 11.6 Å². The van der Waals surface area contributed by atoms with Crippen molar-refractivity contribution in [3.05, 3.63) is 23.2 Å². The van der Waals surface area contributed by atoms with Crippen LogP contribution in [0.5, 0.6) is 5.75 Å². The Morgan fingerprint density at radius 3 is 2.90 bits per heavy atom. The van der Waals surface area contributed by atoms with Crippen LogP contribution in [0.25, 0.3) is 0 Å². The number of hydrazine groups is 1. The normalized spacial score (nSPS) is 11.3. The Bertz CT molecular complexity index is 440. The van der Waals surface area contributed by atoms with E-state index >= 15 is 0 Å². The molecule has 0 atom stereocenters. The van der Waals surface area contributed by atoms with Gasteiger partial charge >= 0.3 is 0 Å². The smallest absolute Gasteiger partial charge is 0.210 e. The quantitative estimate of drug-likeness (QED) is 0.236. The van der Waals surface area contributed by atoms with Crippen LogP contribution >= 0.6 is 11.6 Å². The number of nitrogens with one attached hydrogen (secondary N) is 2. The van der Waals surface area contributed by atoms with E-state index in [1.165, 1.54) is 0 Å². The molecule has 4 N–H and O–H groups in total. The molecule has 0 saturated carbocycles. The summed E-state index contributed by atoms with van der Waals surface area (Å²) >= 11 is 5.96. The van der Waals surface area contributed by atoms with Gasteiger partial charge in [-0.25, -0.2) is 5.84 Å². The number of nitrogens with two attached hydrogens (primary N) is 1. The number of aliphatic imine (C=N–C) groups is 1. The summed E-state index contributed by atoms with van der Waals surface area (Å²) < 4.78 is 10.4. The SMILES string of the molecule is CCOCCCN=C(NN)Nc1ccc(Cl)c(OC)c1. The van der Waals surface area contributed by atoms with Crippen LogP contribution < -0.4 is 21.3 Å². The van der Waals surface area contributed by atoms with Crippen molar-refractivity contribution in [3.63, 3.8) is 0 Å². The molecule has 0 aromatic heterocycles. The van der Waals surface area contributed by atoms with Crippen molar-refractivity contribution in [1.29, 1.82) is 0 Å². The van der Waals surface area contributed by atoms with Crippen LogP contribution in [0.4, 0.5) is 5.69 Å². The van der Waals surface area contributed by atoms with Gasteiger partial charge in [0, 0.05) is 31.5 Å². The molecule has 0 spiro atoms. The Morgan fingerprint density at radius 1 is 1.45 bits per heavy atom. The predicted molar refractivity (Wildman–Crippen MR) is 82.4 cm³/mol. The Hall–Kier alpha value is -1.50. The number of hydrogen-bond acceptors (Lipinski definition) is 4. The molecule has 0 bridgehead atoms. The van der Waals surface area contributed by atoms with Crippen LogP contribution in [-0.4, -0.2) is 32.8 Å². The zero-order valence-electron chi connectivity index (χ0n) is 11.8. The third kappa shape index (κ3) is 5.64. The number of methoxy groups -OCH3 is 1. The molecule has 0 saturated heterocycles. The number of guanidine groups is 1. The third-order valence-electron chi connectivity index (χ3n) is 2.47. The highest BCUT2D eigenvalue weighted by Crippen LogP contribution is 2.27. The summed E-state index contributed by atoms with van der Waals surface area (Å²) in [7, 11) is 1.56. The molecule has 112 valence electrons. The van der Waals surface area contributed by atoms with Crippen molar-refractivity contribution in [2.75, 3.05) is 32.2 Å². The van der Waals surface area contributed by atoms with E-state index in [1.807, 2.05) is 13.0 Å². The topological polar surface area (TPSA) is 80.9 Å². The lowest BCUT2D eigenvalue weighted by Gasteiger charge is -2.11. The molecule has 0 amide bonds. The average Bonchev–Trinajstić information content (AvgIpc) is 2.47. The fraction of sp³-hybridized carbons (Fsp3) is 0.462. The van der Waals surface area contributed by atoms with Crippen LogP contribution in [0.15, 0.2) is 23.2 Å². The summed E-state index contributed by atoms with van der Waals surface area (Å²) in [5, 5.41) is 3.61. The lowest BCUT2D eigenvalue weighted by Crippen LogP contribution is -2.36. The first-order valence-electron chi connectivity index (χ1n) is 6.40. The van der Waals surface area contributed by atoms with Gasteiger partial charge < -0.3 is 14.8 Å². The Balaban J connectivity index is 2.56. The van der Waals surface area contributed by atoms with Gasteiger partial charge in [-0.15, -0.1) is 0 Å². The molecule has 0 radical (unpaired) electrons. The average molecular weight is 301 g/mol. The summed E-state index contributed by atoms with van der Waals surface area (Å²) in [6.07, 6.45) is 0.838. The van der Waals surface area contributed by atoms with Gasteiger partial charge in [-0.3, -0.25) is 10.4 Å². The summed E-state index contributed by atoms with van der Waals surface area (Å²) in [5.41, 5.74) is 3.30. The summed E-state index contributed by atoms with van der Waals surface area (Å²) in [5.74, 6) is 6.50. The molecule has 6 nitrogen and oxygen atoms in total. The highest BCUT2D eigenvalue weighted by molar-refractivity contribution is 6.32. The van der Waals surface area contributed by atoms with Crippen LogP contribution in [0, 0.1) is 0 Å². The first kappa shape index (κ1) is 16.6. The van der Waals surface area contributed by atoms with Crippen molar-refractivity contribution in [2.45, 2.75) is 13.3 Å². The molecular formula is C13H21ClN4O2. The molecule has 0 aliphatic carbocycles. The second kappa shape index (κ2) is 9.41. The highest BCUT2D eigenvalue weighted by atomic mass is 35.5. The fourth-order valence-electron chi connectivity index (χ4n) is 1.50. The third-order valence-corrected chi connectivity index (χ3v) is 2.78. The molecule has 1 aromatic carbocycles. The predicted octanol–water partition coefficient (Wildman–Crippen LogP) is 2.01. The Labute approximate surface area is 124 Å². The molecule has 0 unspecified atom stereocenters. The lowest BCUT2D eigenvalue weighted by atomic mass is 10.3. The minimum atomic E-state index is 0.478. The van der Waals surface area contributed by atoms with Crippen molar-refractivity contribution in [3.8, 4) is 5.75 Å². The number of halogens is 1. The highest BCUT2D eigenvalue weighted by Gasteiger charge is 2.03. The van der Waals surface area contributed by atoms with Gasteiger partial charge in [-0.2, -0.15) is 0 Å². The number of ether oxygens (including phenoxy) is 2. The fourth-order valence-corrected chi connectivity index (χ4v) is 1.69. The van der Waals surface area contributed by atoms with Crippen LogP contribution in [-0.2, 0) is 4.74 Å². The maximum atomic E-state index is 5.96. The molecule has 0 fully saturated rings. The summed E-state index contributed by atoms with van der Waals surface area (Å²) in [6, 6.07) is 5.33. The first-order chi connectivity index (χ1) is 9.71. The molecule has 1 rings (SSSR count). The van der Waals surface area contributed by atoms with Gasteiger partial charge in [0.15, 0.2) is 0 Å². The second-order valence-electron chi connectivity index (χ2n) is 3.90. The van der Waals surface area contributed by atoms with E-state index in [0.717, 1.165) is 12.1 Å². The summed E-state index contributed by atoms with van der Waals surface area (Å²) in [6.45, 7) is 3.99. The van der Waals surface area contributed by atoms with E-state index in [-0.39, 0.29) is 0 Å². The van der Waals surface area contributed by atoms with Crippen LogP contribution in [0.1, 0.15) is 13.3 Å². The van der Waals surface area contributed by atoms with E-state index in [1.54, 1.807) is 19.2 Å². The number of benzene rings is 1. The van der Waals surface area contributed by atoms with Gasteiger partial charge in [-0.05, 0) is 25.5 Å². The lowest BCUT2D eigenvalue weighted by molar-refractivity contribution is 0.146. The van der Waals surface area contributed by atoms with Crippen LogP contribution in [0.2, 0.25) is 5.02 Å². The largest absolute Gasteiger partial charge is 0.495 e. The number of anilines is 1. The zero-order chi connectivity index (χ0) is 14.8. The number of rotatable bonds is 7. The van der Waals surface area contributed by atoms with Gasteiger partial charge in [0.05, 0.1) is 12.1 Å². The molecular weight excluding hydrogens is 280 g/mol. The minimum absolute atomic E-state index is 0.478. The van der Waals surface area contributed by atoms with Crippen molar-refractivity contribution >= 4 is 23.2 Å². The molecule has 0 aliphatic heterocycles. The van der Waals surface area contributed by atoms with Gasteiger partial charge in [0.2, 0.25) is 5.96 Å². The molecule has 1 aromatic rings. The van der Waals surface area contributed by atoms with E-state index in [0.29, 0.717) is 36.5 Å². The van der Waals surface area contributed by atoms with Gasteiger partial charge in [0.25, 0.3) is 0 Å². The first-order valence-corrected chi connectivity index (χ1v) is 6.78. The van der Waals surface area contributed by atoms with Gasteiger partial charge in [0.1, 0.15) is 5.75 Å². The van der Waals surface area contributed by atoms with Crippen molar-refractivity contribution < 1.29 is 9.47 Å². The Morgan fingerprint density at radius 2 is 2.25 bits per heavy atom.